The SMILES string of the molecule is CS(=O)(=O)NCCCCOC(=O)Cc1ccccc1Nc1c(Cl)cccc1Cl. The maximum Gasteiger partial charge on any atom is 0.310 e. The summed E-state index contributed by atoms with van der Waals surface area (Å²) in [7, 11) is -3.19. The minimum absolute atomic E-state index is 0.0901. The predicted molar refractivity (Wildman–Crippen MR) is 113 cm³/mol. The summed E-state index contributed by atoms with van der Waals surface area (Å²) in [5.74, 6) is -0.365. The van der Waals surface area contributed by atoms with Gasteiger partial charge in [0.1, 0.15) is 0 Å². The van der Waals surface area contributed by atoms with E-state index >= 15 is 0 Å². The molecule has 0 atom stereocenters. The van der Waals surface area contributed by atoms with Crippen LogP contribution in [0.15, 0.2) is 42.5 Å². The Kier molecular flexibility index (Phi) is 8.57. The van der Waals surface area contributed by atoms with Gasteiger partial charge in [-0.05, 0) is 36.6 Å². The Morgan fingerprint density at radius 2 is 1.71 bits per heavy atom. The molecular formula is C19H22Cl2N2O4S. The summed E-state index contributed by atoms with van der Waals surface area (Å²) < 4.78 is 29.5. The summed E-state index contributed by atoms with van der Waals surface area (Å²) in [5.41, 5.74) is 2.04. The Morgan fingerprint density at radius 1 is 1.04 bits per heavy atom. The lowest BCUT2D eigenvalue weighted by Gasteiger charge is -2.14. The number of nitrogens with one attached hydrogen (secondary N) is 2. The third-order valence-corrected chi connectivity index (χ3v) is 5.13. The molecule has 9 heteroatoms. The van der Waals surface area contributed by atoms with E-state index in [-0.39, 0.29) is 19.0 Å². The number of hydrogen-bond acceptors (Lipinski definition) is 5. The maximum atomic E-state index is 12.1. The van der Waals surface area contributed by atoms with E-state index in [4.69, 9.17) is 27.9 Å². The number of halogens is 2. The minimum atomic E-state index is -3.19. The normalized spacial score (nSPS) is 11.2. The summed E-state index contributed by atoms with van der Waals surface area (Å²) >= 11 is 12.4. The average molecular weight is 445 g/mol. The highest BCUT2D eigenvalue weighted by atomic mass is 35.5. The molecule has 2 aromatic carbocycles. The molecule has 28 heavy (non-hydrogen) atoms. The molecule has 2 rings (SSSR count). The van der Waals surface area contributed by atoms with Gasteiger partial charge in [-0.1, -0.05) is 47.5 Å². The summed E-state index contributed by atoms with van der Waals surface area (Å²) in [6.45, 7) is 0.554. The Labute approximate surface area is 175 Å². The maximum absolute atomic E-state index is 12.1. The summed E-state index contributed by atoms with van der Waals surface area (Å²) in [6.07, 6.45) is 2.36. The summed E-state index contributed by atoms with van der Waals surface area (Å²) in [5, 5.41) is 4.13. The number of benzene rings is 2. The Bertz CT molecular complexity index is 900. The van der Waals surface area contributed by atoms with Crippen LogP contribution in [0.4, 0.5) is 11.4 Å². The van der Waals surface area contributed by atoms with Gasteiger partial charge in [0.2, 0.25) is 10.0 Å². The smallest absolute Gasteiger partial charge is 0.310 e. The van der Waals surface area contributed by atoms with E-state index in [1.54, 1.807) is 18.2 Å². The summed E-state index contributed by atoms with van der Waals surface area (Å²) in [6, 6.07) is 12.5. The lowest BCUT2D eigenvalue weighted by molar-refractivity contribution is -0.142. The number of sulfonamides is 1. The van der Waals surface area contributed by atoms with Gasteiger partial charge in [-0.25, -0.2) is 13.1 Å². The zero-order valence-corrected chi connectivity index (χ0v) is 17.7. The van der Waals surface area contributed by atoms with E-state index in [0.717, 1.165) is 11.8 Å². The van der Waals surface area contributed by atoms with E-state index < -0.39 is 10.0 Å². The first-order valence-electron chi connectivity index (χ1n) is 8.65. The number of carbonyl (C=O) groups excluding carboxylic acids is 1. The van der Waals surface area contributed by atoms with Crippen molar-refractivity contribution in [2.75, 3.05) is 24.7 Å². The van der Waals surface area contributed by atoms with Crippen molar-refractivity contribution in [1.82, 2.24) is 4.72 Å². The van der Waals surface area contributed by atoms with Crippen LogP contribution in [0.1, 0.15) is 18.4 Å². The summed E-state index contributed by atoms with van der Waals surface area (Å²) in [4.78, 5) is 12.1. The molecule has 0 aliphatic rings. The standard InChI is InChI=1S/C19H22Cl2N2O4S/c1-28(25,26)22-11-4-5-12-27-18(24)13-14-7-2-3-10-17(14)23-19-15(20)8-6-9-16(19)21/h2-3,6-10,22-23H,4-5,11-13H2,1H3. The third kappa shape index (κ3) is 7.67. The Morgan fingerprint density at radius 3 is 2.39 bits per heavy atom. The van der Waals surface area contributed by atoms with Gasteiger partial charge < -0.3 is 10.1 Å². The fraction of sp³-hybridized carbons (Fsp3) is 0.316. The second kappa shape index (κ2) is 10.7. The number of carbonyl (C=O) groups is 1. The monoisotopic (exact) mass is 444 g/mol. The molecule has 6 nitrogen and oxygen atoms in total. The molecule has 0 bridgehead atoms. The predicted octanol–water partition coefficient (Wildman–Crippen LogP) is 4.15. The second-order valence-corrected chi connectivity index (χ2v) is 8.80. The van der Waals surface area contributed by atoms with E-state index in [1.807, 2.05) is 24.3 Å². The Balaban J connectivity index is 1.88. The number of anilines is 2. The first-order chi connectivity index (χ1) is 13.3. The van der Waals surface area contributed by atoms with Crippen molar-refractivity contribution >= 4 is 50.6 Å². The molecule has 0 heterocycles. The molecule has 152 valence electrons. The molecule has 2 aromatic rings. The van der Waals surface area contributed by atoms with Gasteiger partial charge in [0, 0.05) is 12.2 Å². The minimum Gasteiger partial charge on any atom is -0.465 e. The fourth-order valence-electron chi connectivity index (χ4n) is 2.43. The van der Waals surface area contributed by atoms with Crippen LogP contribution >= 0.6 is 23.2 Å². The molecule has 0 spiro atoms. The van der Waals surface area contributed by atoms with Gasteiger partial charge in [0.05, 0.1) is 35.0 Å². The highest BCUT2D eigenvalue weighted by Gasteiger charge is 2.12. The topological polar surface area (TPSA) is 84.5 Å². The zero-order valence-electron chi connectivity index (χ0n) is 15.4. The molecule has 0 unspecified atom stereocenters. The van der Waals surface area contributed by atoms with E-state index in [2.05, 4.69) is 10.0 Å². The number of para-hydroxylation sites is 2. The zero-order chi connectivity index (χ0) is 20.6. The third-order valence-electron chi connectivity index (χ3n) is 3.77. The lowest BCUT2D eigenvalue weighted by Crippen LogP contribution is -2.23. The van der Waals surface area contributed by atoms with Crippen LogP contribution in [0.5, 0.6) is 0 Å². The molecule has 0 aliphatic carbocycles. The van der Waals surface area contributed by atoms with Gasteiger partial charge in [-0.15, -0.1) is 0 Å². The van der Waals surface area contributed by atoms with Crippen LogP contribution in [0.3, 0.4) is 0 Å². The fourth-order valence-corrected chi connectivity index (χ4v) is 3.43. The van der Waals surface area contributed by atoms with E-state index in [9.17, 15) is 13.2 Å². The van der Waals surface area contributed by atoms with Gasteiger partial charge >= 0.3 is 5.97 Å². The van der Waals surface area contributed by atoms with Crippen LogP contribution in [0, 0.1) is 0 Å². The second-order valence-electron chi connectivity index (χ2n) is 6.15. The van der Waals surface area contributed by atoms with Gasteiger partial charge in [-0.2, -0.15) is 0 Å². The average Bonchev–Trinajstić information content (AvgIpc) is 2.61. The van der Waals surface area contributed by atoms with E-state index in [0.29, 0.717) is 40.8 Å². The first kappa shape index (κ1) is 22.5. The van der Waals surface area contributed by atoms with Crippen LogP contribution in [0.2, 0.25) is 10.0 Å². The molecule has 0 aliphatic heterocycles. The first-order valence-corrected chi connectivity index (χ1v) is 11.3. The quantitative estimate of drug-likeness (QED) is 0.424. The number of hydrogen-bond donors (Lipinski definition) is 2. The molecule has 0 aromatic heterocycles. The molecule has 0 amide bonds. The van der Waals surface area contributed by atoms with Crippen molar-refractivity contribution in [2.24, 2.45) is 0 Å². The van der Waals surface area contributed by atoms with Crippen molar-refractivity contribution in [3.05, 3.63) is 58.1 Å². The van der Waals surface area contributed by atoms with Crippen LogP contribution in [0.25, 0.3) is 0 Å². The van der Waals surface area contributed by atoms with Crippen molar-refractivity contribution in [3.63, 3.8) is 0 Å². The van der Waals surface area contributed by atoms with Crippen LogP contribution in [-0.2, 0) is 26.0 Å². The lowest BCUT2D eigenvalue weighted by atomic mass is 10.1. The van der Waals surface area contributed by atoms with Crippen molar-refractivity contribution in [1.29, 1.82) is 0 Å². The van der Waals surface area contributed by atoms with E-state index in [1.165, 1.54) is 0 Å². The molecule has 0 fully saturated rings. The number of esters is 1. The largest absolute Gasteiger partial charge is 0.465 e. The molecule has 2 N–H and O–H groups in total. The molecular weight excluding hydrogens is 423 g/mol. The van der Waals surface area contributed by atoms with Crippen molar-refractivity contribution < 1.29 is 17.9 Å². The van der Waals surface area contributed by atoms with Gasteiger partial charge in [-0.3, -0.25) is 4.79 Å². The van der Waals surface area contributed by atoms with Gasteiger partial charge in [0.25, 0.3) is 0 Å². The Hall–Kier alpha value is -1.80. The highest BCUT2D eigenvalue weighted by Crippen LogP contribution is 2.33. The van der Waals surface area contributed by atoms with Crippen LogP contribution < -0.4 is 10.0 Å². The molecule has 0 saturated carbocycles. The van der Waals surface area contributed by atoms with Crippen molar-refractivity contribution in [2.45, 2.75) is 19.3 Å². The molecule has 0 radical (unpaired) electrons. The van der Waals surface area contributed by atoms with Gasteiger partial charge in [0.15, 0.2) is 0 Å². The highest BCUT2D eigenvalue weighted by molar-refractivity contribution is 7.88. The number of rotatable bonds is 10. The van der Waals surface area contributed by atoms with Crippen LogP contribution in [-0.4, -0.2) is 33.8 Å². The number of ether oxygens (including phenoxy) is 1. The number of unbranched alkanes of at least 4 members (excludes halogenated alkanes) is 1. The van der Waals surface area contributed by atoms with Crippen molar-refractivity contribution in [3.8, 4) is 0 Å². The molecule has 0 saturated heterocycles.